The number of hydrogen-bond acceptors (Lipinski definition) is 15. The molecule has 4 aliphatic heterocycles. The molecule has 2 aromatic carbocycles. The molecule has 0 spiro atoms. The van der Waals surface area contributed by atoms with Gasteiger partial charge in [0.1, 0.15) is 40.2 Å². The van der Waals surface area contributed by atoms with Crippen molar-refractivity contribution in [3.63, 3.8) is 0 Å². The molecular formula is C51H65ClN8O12S2. The van der Waals surface area contributed by atoms with E-state index in [0.717, 1.165) is 90.3 Å². The number of phenolic OH excluding ortho intramolecular Hbond substituents is 2. The molecule has 0 radical (unpaired) electrons. The van der Waals surface area contributed by atoms with Crippen molar-refractivity contribution in [2.75, 3.05) is 62.5 Å². The molecule has 10 rings (SSSR count). The van der Waals surface area contributed by atoms with Crippen LogP contribution >= 0.6 is 12.4 Å². The minimum Gasteiger partial charge on any atom is -0.507 e. The molecule has 4 fully saturated rings. The number of nitrogens with one attached hydrogen (secondary N) is 3. The highest BCUT2D eigenvalue weighted by Crippen LogP contribution is 2.45. The molecule has 23 heteroatoms. The largest absolute Gasteiger partial charge is 0.507 e. The van der Waals surface area contributed by atoms with Gasteiger partial charge in [0.15, 0.2) is 0 Å². The standard InChI is InChI=1S/C28H36N4O7S.C23H28N4O5S.ClH/c1-28(2,3)39-27(35)31-12-6-7-18(14-31)19-13-21(24-22(33)8-5-9-23(24)38-16-17-10-11-17)29-25-20(19)15-32(26(34)30-25)40(4,36)37;1-33(30,31)27-12-17-16(15-4-3-9-24-11-15)10-18(25-22(17)26-23(27)29)21-19(28)5-2-6-20(21)32-13-14-7-8-14;/h5,8-9,13,17-18,33H,6-7,10-12,14-16H2,1-4H3,(H,29,30,34);2,5-6,10,14-15,24,28H,3-4,7-9,11-13H2,1H3,(H,25,26,29);1H. The van der Waals surface area contributed by atoms with Crippen molar-refractivity contribution in [1.82, 2.24) is 28.8 Å². The van der Waals surface area contributed by atoms with E-state index in [2.05, 4.69) is 25.9 Å². The van der Waals surface area contributed by atoms with Crippen LogP contribution < -0.4 is 25.4 Å². The third-order valence-corrected chi connectivity index (χ3v) is 15.9. The normalized spacial score (nSPS) is 19.9. The Kier molecular flexibility index (Phi) is 15.8. The number of hydrogen-bond donors (Lipinski definition) is 5. The Morgan fingerprint density at radius 1 is 0.716 bits per heavy atom. The predicted molar refractivity (Wildman–Crippen MR) is 280 cm³/mol. The number of amides is 5. The maximum absolute atomic E-state index is 12.9. The van der Waals surface area contributed by atoms with Crippen LogP contribution in [-0.4, -0.2) is 126 Å². The highest BCUT2D eigenvalue weighted by atomic mass is 35.5. The topological polar surface area (TPSA) is 259 Å². The van der Waals surface area contributed by atoms with Gasteiger partial charge in [0.05, 0.1) is 61.3 Å². The first-order valence-electron chi connectivity index (χ1n) is 24.8. The first-order chi connectivity index (χ1) is 34.6. The summed E-state index contributed by atoms with van der Waals surface area (Å²) >= 11 is 0. The maximum Gasteiger partial charge on any atom is 0.410 e. The Bertz CT molecular complexity index is 3030. The molecule has 6 heterocycles. The van der Waals surface area contributed by atoms with E-state index in [1.54, 1.807) is 35.2 Å². The fraction of sp³-hybridized carbons (Fsp3) is 0.510. The SMILES string of the molecule is CC(C)(C)OC(=O)N1CCCC(c2cc(-c3c(O)cccc3OCC3CC3)nc3c2CN(S(C)(=O)=O)C(=O)N3)C1.CS(=O)(=O)N1Cc2c(C3CCCNC3)cc(-c3c(O)cccc3OCC3CC3)nc2NC1=O.Cl. The third-order valence-electron chi connectivity index (χ3n) is 13.7. The number of anilines is 2. The lowest BCUT2D eigenvalue weighted by Gasteiger charge is -2.36. The molecule has 2 unspecified atom stereocenters. The second-order valence-electron chi connectivity index (χ2n) is 20.9. The maximum atomic E-state index is 12.9. The Labute approximate surface area is 438 Å². The number of piperidine rings is 2. The van der Waals surface area contributed by atoms with Gasteiger partial charge < -0.3 is 34.6 Å². The zero-order valence-electron chi connectivity index (χ0n) is 42.2. The van der Waals surface area contributed by atoms with Crippen LogP contribution in [0.3, 0.4) is 0 Å². The van der Waals surface area contributed by atoms with Gasteiger partial charge in [-0.05, 0) is 144 Å². The highest BCUT2D eigenvalue weighted by molar-refractivity contribution is 7.89. The minimum atomic E-state index is -3.85. The van der Waals surface area contributed by atoms with E-state index in [0.29, 0.717) is 95.5 Å². The van der Waals surface area contributed by atoms with Gasteiger partial charge in [0.25, 0.3) is 0 Å². The van der Waals surface area contributed by atoms with Gasteiger partial charge in [-0.15, -0.1) is 12.4 Å². The molecule has 6 aliphatic rings. The summed E-state index contributed by atoms with van der Waals surface area (Å²) in [6.45, 7) is 8.88. The summed E-state index contributed by atoms with van der Waals surface area (Å²) in [7, 11) is -7.58. The number of aromatic hydroxyl groups is 2. The molecule has 4 aromatic rings. The molecule has 2 aromatic heterocycles. The van der Waals surface area contributed by atoms with Crippen molar-refractivity contribution < 1.29 is 55.6 Å². The number of nitrogens with zero attached hydrogens (tertiary/aromatic N) is 5. The number of sulfonamides is 2. The fourth-order valence-electron chi connectivity index (χ4n) is 9.62. The smallest absolute Gasteiger partial charge is 0.410 e. The molecular weight excluding hydrogens is 1020 g/mol. The van der Waals surface area contributed by atoms with Crippen molar-refractivity contribution in [2.45, 2.75) is 103 Å². The van der Waals surface area contributed by atoms with Gasteiger partial charge in [-0.25, -0.2) is 49.8 Å². The van der Waals surface area contributed by atoms with Gasteiger partial charge >= 0.3 is 18.2 Å². The van der Waals surface area contributed by atoms with Gasteiger partial charge in [0.2, 0.25) is 20.0 Å². The first-order valence-corrected chi connectivity index (χ1v) is 28.5. The van der Waals surface area contributed by atoms with Gasteiger partial charge in [0, 0.05) is 36.7 Å². The number of likely N-dealkylation sites (tertiary alicyclic amines) is 1. The second kappa shape index (κ2) is 21.6. The number of aromatic nitrogens is 2. The number of urea groups is 2. The van der Waals surface area contributed by atoms with Crippen molar-refractivity contribution in [3.05, 3.63) is 70.8 Å². The summed E-state index contributed by atoms with van der Waals surface area (Å²) in [4.78, 5) is 49.3. The summed E-state index contributed by atoms with van der Waals surface area (Å²) < 4.78 is 68.5. The van der Waals surface area contributed by atoms with Crippen LogP contribution in [0, 0.1) is 11.8 Å². The summed E-state index contributed by atoms with van der Waals surface area (Å²) in [5.74, 6) is 2.58. The average molecular weight is 1080 g/mol. The van der Waals surface area contributed by atoms with Gasteiger partial charge in [-0.3, -0.25) is 10.6 Å². The number of rotatable bonds is 12. The number of fused-ring (bicyclic) bond motifs is 2. The number of phenols is 2. The van der Waals surface area contributed by atoms with Crippen molar-refractivity contribution in [2.24, 2.45) is 11.8 Å². The van der Waals surface area contributed by atoms with Crippen LogP contribution in [0.25, 0.3) is 22.5 Å². The van der Waals surface area contributed by atoms with Crippen LogP contribution in [0.4, 0.5) is 26.0 Å². The number of ether oxygens (including phenoxy) is 3. The summed E-state index contributed by atoms with van der Waals surface area (Å²) in [6, 6.07) is 12.4. The van der Waals surface area contributed by atoms with Crippen molar-refractivity contribution in [3.8, 4) is 45.5 Å². The predicted octanol–water partition coefficient (Wildman–Crippen LogP) is 8.10. The van der Waals surface area contributed by atoms with Crippen LogP contribution in [0.1, 0.15) is 106 Å². The Hall–Kier alpha value is -6.10. The number of halogens is 1. The molecule has 0 bridgehead atoms. The molecule has 20 nitrogen and oxygen atoms in total. The fourth-order valence-corrected chi connectivity index (χ4v) is 11.0. The number of benzene rings is 2. The molecule has 2 atom stereocenters. The molecule has 74 heavy (non-hydrogen) atoms. The zero-order valence-corrected chi connectivity index (χ0v) is 44.6. The lowest BCUT2D eigenvalue weighted by Crippen LogP contribution is -2.44. The lowest BCUT2D eigenvalue weighted by molar-refractivity contribution is 0.0198. The molecule has 5 N–H and O–H groups in total. The Balaban J connectivity index is 0.000000198. The third kappa shape index (κ3) is 12.5. The molecule has 2 aliphatic carbocycles. The van der Waals surface area contributed by atoms with Crippen LogP contribution in [0.5, 0.6) is 23.0 Å². The lowest BCUT2D eigenvalue weighted by atomic mass is 9.86. The van der Waals surface area contributed by atoms with E-state index in [1.807, 2.05) is 39.0 Å². The monoisotopic (exact) mass is 1080 g/mol. The number of carbonyl (C=O) groups excluding carboxylic acids is 3. The summed E-state index contributed by atoms with van der Waals surface area (Å²) in [6.07, 6.45) is 9.46. The first kappa shape index (κ1) is 54.2. The van der Waals surface area contributed by atoms with Crippen molar-refractivity contribution in [1.29, 1.82) is 0 Å². The molecule has 2 saturated carbocycles. The minimum absolute atomic E-state index is 0. The van der Waals surface area contributed by atoms with Crippen LogP contribution in [0.15, 0.2) is 48.5 Å². The van der Waals surface area contributed by atoms with Crippen LogP contribution in [-0.2, 0) is 37.9 Å². The van der Waals surface area contributed by atoms with Crippen molar-refractivity contribution >= 4 is 62.2 Å². The van der Waals surface area contributed by atoms with Crippen LogP contribution in [0.2, 0.25) is 0 Å². The van der Waals surface area contributed by atoms with E-state index in [1.165, 1.54) is 0 Å². The Morgan fingerprint density at radius 2 is 1.19 bits per heavy atom. The van der Waals surface area contributed by atoms with E-state index in [4.69, 9.17) is 14.2 Å². The number of carbonyl (C=O) groups is 3. The summed E-state index contributed by atoms with van der Waals surface area (Å²) in [5.41, 5.74) is 4.03. The van der Waals surface area contributed by atoms with E-state index >= 15 is 0 Å². The zero-order chi connectivity index (χ0) is 52.0. The quantitative estimate of drug-likeness (QED) is 0.0898. The molecule has 400 valence electrons. The van der Waals surface area contributed by atoms with Gasteiger partial charge in [-0.2, -0.15) is 0 Å². The Morgan fingerprint density at radius 3 is 1.62 bits per heavy atom. The molecule has 2 saturated heterocycles. The second-order valence-corrected chi connectivity index (χ2v) is 24.7. The van der Waals surface area contributed by atoms with E-state index in [-0.39, 0.29) is 54.6 Å². The van der Waals surface area contributed by atoms with E-state index < -0.39 is 43.8 Å². The molecule has 5 amide bonds. The number of pyridine rings is 2. The van der Waals surface area contributed by atoms with Gasteiger partial charge in [-0.1, -0.05) is 12.1 Å². The van der Waals surface area contributed by atoms with E-state index in [9.17, 15) is 41.4 Å². The average Bonchev–Trinajstić information content (AvgIpc) is 4.28. The highest BCUT2D eigenvalue weighted by Gasteiger charge is 2.38. The summed E-state index contributed by atoms with van der Waals surface area (Å²) in [5, 5.41) is 30.3.